The number of hydrogen-bond acceptors (Lipinski definition) is 7. The number of ether oxygens (including phenoxy) is 1. The van der Waals surface area contributed by atoms with Gasteiger partial charge in [-0.1, -0.05) is 12.1 Å². The standard InChI is InChI=1S/C17H13N5O5/c1-21-16(11(8-18)9-19-21)20-17(23)15-7-6-12(27-15)10-26-14-5-3-2-4-13(14)22(24)25/h2-7,9H,10H2,1H3,(H,20,23). The summed E-state index contributed by atoms with van der Waals surface area (Å²) in [5.41, 5.74) is 0.0552. The van der Waals surface area contributed by atoms with Crippen molar-refractivity contribution in [3.05, 3.63) is 69.8 Å². The van der Waals surface area contributed by atoms with Crippen molar-refractivity contribution in [1.29, 1.82) is 5.26 Å². The smallest absolute Gasteiger partial charge is 0.310 e. The minimum atomic E-state index is -0.563. The van der Waals surface area contributed by atoms with Crippen molar-refractivity contribution < 1.29 is 18.9 Å². The number of nitro benzene ring substituents is 1. The second-order valence-corrected chi connectivity index (χ2v) is 5.38. The summed E-state index contributed by atoms with van der Waals surface area (Å²) in [7, 11) is 1.59. The Bertz CT molecular complexity index is 1050. The van der Waals surface area contributed by atoms with E-state index in [1.807, 2.05) is 6.07 Å². The SMILES string of the molecule is Cn1ncc(C#N)c1NC(=O)c1ccc(COc2ccccc2[N+](=O)[O-])o1. The molecule has 0 radical (unpaired) electrons. The lowest BCUT2D eigenvalue weighted by Crippen LogP contribution is -2.14. The second kappa shape index (κ2) is 7.40. The van der Waals surface area contributed by atoms with Crippen molar-refractivity contribution in [3.8, 4) is 11.8 Å². The van der Waals surface area contributed by atoms with Gasteiger partial charge in [0.15, 0.2) is 11.5 Å². The average Bonchev–Trinajstić information content (AvgIpc) is 3.27. The summed E-state index contributed by atoms with van der Waals surface area (Å²) in [5.74, 6) is 0.0900. The zero-order valence-electron chi connectivity index (χ0n) is 14.1. The first-order valence-corrected chi connectivity index (χ1v) is 7.68. The third-order valence-corrected chi connectivity index (χ3v) is 3.61. The highest BCUT2D eigenvalue weighted by atomic mass is 16.6. The van der Waals surface area contributed by atoms with Crippen LogP contribution in [0.4, 0.5) is 11.5 Å². The van der Waals surface area contributed by atoms with Gasteiger partial charge in [-0.15, -0.1) is 0 Å². The van der Waals surface area contributed by atoms with Gasteiger partial charge in [0, 0.05) is 13.1 Å². The number of nitrogens with one attached hydrogen (secondary N) is 1. The molecule has 2 heterocycles. The van der Waals surface area contributed by atoms with Gasteiger partial charge in [-0.2, -0.15) is 10.4 Å². The molecular weight excluding hydrogens is 354 g/mol. The number of carbonyl (C=O) groups excluding carboxylic acids is 1. The van der Waals surface area contributed by atoms with E-state index in [4.69, 9.17) is 14.4 Å². The first-order chi connectivity index (χ1) is 13.0. The van der Waals surface area contributed by atoms with Crippen LogP contribution < -0.4 is 10.1 Å². The van der Waals surface area contributed by atoms with E-state index >= 15 is 0 Å². The Labute approximate surface area is 152 Å². The molecule has 10 nitrogen and oxygen atoms in total. The molecule has 136 valence electrons. The molecule has 0 fully saturated rings. The van der Waals surface area contributed by atoms with Crippen LogP contribution in [-0.4, -0.2) is 20.6 Å². The Morgan fingerprint density at radius 1 is 1.41 bits per heavy atom. The molecule has 1 amide bonds. The highest BCUT2D eigenvalue weighted by molar-refractivity contribution is 6.02. The monoisotopic (exact) mass is 367 g/mol. The van der Waals surface area contributed by atoms with Crippen LogP contribution in [0.5, 0.6) is 5.75 Å². The molecule has 2 aromatic heterocycles. The summed E-state index contributed by atoms with van der Waals surface area (Å²) in [6.45, 7) is -0.0900. The van der Waals surface area contributed by atoms with Crippen LogP contribution in [0.3, 0.4) is 0 Å². The summed E-state index contributed by atoms with van der Waals surface area (Å²) >= 11 is 0. The van der Waals surface area contributed by atoms with E-state index in [0.29, 0.717) is 5.76 Å². The van der Waals surface area contributed by atoms with Gasteiger partial charge in [0.05, 0.1) is 11.1 Å². The molecule has 0 spiro atoms. The summed E-state index contributed by atoms with van der Waals surface area (Å²) < 4.78 is 12.2. The molecule has 0 atom stereocenters. The molecule has 3 rings (SSSR count). The fraction of sp³-hybridized carbons (Fsp3) is 0.118. The predicted octanol–water partition coefficient (Wildman–Crippen LogP) is 2.62. The quantitative estimate of drug-likeness (QED) is 0.522. The van der Waals surface area contributed by atoms with E-state index in [0.717, 1.165) is 0 Å². The highest BCUT2D eigenvalue weighted by Crippen LogP contribution is 2.27. The molecule has 0 unspecified atom stereocenters. The number of benzene rings is 1. The molecule has 0 saturated carbocycles. The minimum Gasteiger partial charge on any atom is -0.479 e. The summed E-state index contributed by atoms with van der Waals surface area (Å²) in [6, 6.07) is 10.8. The third-order valence-electron chi connectivity index (χ3n) is 3.61. The van der Waals surface area contributed by atoms with Crippen LogP contribution >= 0.6 is 0 Å². The van der Waals surface area contributed by atoms with Crippen molar-refractivity contribution in [2.75, 3.05) is 5.32 Å². The Hall–Kier alpha value is -4.13. The number of anilines is 1. The molecule has 1 aromatic carbocycles. The summed E-state index contributed by atoms with van der Waals surface area (Å²) in [4.78, 5) is 22.7. The van der Waals surface area contributed by atoms with Gasteiger partial charge in [0.2, 0.25) is 0 Å². The number of para-hydroxylation sites is 2. The molecule has 3 aromatic rings. The summed E-state index contributed by atoms with van der Waals surface area (Å²) in [6.07, 6.45) is 1.34. The van der Waals surface area contributed by atoms with E-state index in [9.17, 15) is 14.9 Å². The molecule has 0 saturated heterocycles. The number of nitriles is 1. The van der Waals surface area contributed by atoms with E-state index in [1.165, 1.54) is 41.2 Å². The van der Waals surface area contributed by atoms with E-state index in [2.05, 4.69) is 10.4 Å². The Morgan fingerprint density at radius 2 is 2.19 bits per heavy atom. The highest BCUT2D eigenvalue weighted by Gasteiger charge is 2.18. The molecule has 1 N–H and O–H groups in total. The van der Waals surface area contributed by atoms with Crippen LogP contribution in [0.1, 0.15) is 21.9 Å². The molecular formula is C17H13N5O5. The number of rotatable bonds is 6. The maximum absolute atomic E-state index is 12.3. The normalized spacial score (nSPS) is 10.2. The molecule has 0 bridgehead atoms. The number of nitro groups is 1. The first kappa shape index (κ1) is 17.7. The predicted molar refractivity (Wildman–Crippen MR) is 92.0 cm³/mol. The number of aryl methyl sites for hydroxylation is 1. The lowest BCUT2D eigenvalue weighted by Gasteiger charge is -2.05. The first-order valence-electron chi connectivity index (χ1n) is 7.68. The zero-order chi connectivity index (χ0) is 19.4. The van der Waals surface area contributed by atoms with Crippen LogP contribution in [0.15, 0.2) is 47.0 Å². The van der Waals surface area contributed by atoms with Gasteiger partial charge in [-0.05, 0) is 18.2 Å². The van der Waals surface area contributed by atoms with Crippen molar-refractivity contribution in [1.82, 2.24) is 9.78 Å². The van der Waals surface area contributed by atoms with Crippen LogP contribution in [-0.2, 0) is 13.7 Å². The van der Waals surface area contributed by atoms with Gasteiger partial charge in [0.25, 0.3) is 5.91 Å². The maximum atomic E-state index is 12.3. The fourth-order valence-electron chi connectivity index (χ4n) is 2.29. The topological polar surface area (TPSA) is 136 Å². The Kier molecular flexibility index (Phi) is 4.85. The van der Waals surface area contributed by atoms with Crippen molar-refractivity contribution in [3.63, 3.8) is 0 Å². The van der Waals surface area contributed by atoms with Crippen molar-refractivity contribution in [2.45, 2.75) is 6.61 Å². The van der Waals surface area contributed by atoms with Crippen LogP contribution in [0.25, 0.3) is 0 Å². The number of carbonyl (C=O) groups is 1. The molecule has 0 aliphatic rings. The van der Waals surface area contributed by atoms with Crippen molar-refractivity contribution >= 4 is 17.4 Å². The lowest BCUT2D eigenvalue weighted by atomic mass is 10.3. The number of nitrogens with zero attached hydrogens (tertiary/aromatic N) is 4. The lowest BCUT2D eigenvalue weighted by molar-refractivity contribution is -0.386. The maximum Gasteiger partial charge on any atom is 0.310 e. The molecule has 0 aliphatic carbocycles. The van der Waals surface area contributed by atoms with Crippen molar-refractivity contribution in [2.24, 2.45) is 7.05 Å². The number of furan rings is 1. The Morgan fingerprint density at radius 3 is 2.93 bits per heavy atom. The van der Waals surface area contributed by atoms with Gasteiger partial charge in [0.1, 0.15) is 29.8 Å². The van der Waals surface area contributed by atoms with E-state index < -0.39 is 10.8 Å². The number of amides is 1. The third kappa shape index (κ3) is 3.77. The second-order valence-electron chi connectivity index (χ2n) is 5.38. The number of aromatic nitrogens is 2. The van der Waals surface area contributed by atoms with Crippen LogP contribution in [0.2, 0.25) is 0 Å². The molecule has 27 heavy (non-hydrogen) atoms. The van der Waals surface area contributed by atoms with Gasteiger partial charge in [-0.25, -0.2) is 0 Å². The largest absolute Gasteiger partial charge is 0.479 e. The zero-order valence-corrected chi connectivity index (χ0v) is 14.1. The molecule has 10 heteroatoms. The van der Waals surface area contributed by atoms with Gasteiger partial charge in [-0.3, -0.25) is 19.6 Å². The number of hydrogen-bond donors (Lipinski definition) is 1. The van der Waals surface area contributed by atoms with E-state index in [-0.39, 0.29) is 35.2 Å². The molecule has 0 aliphatic heterocycles. The van der Waals surface area contributed by atoms with E-state index in [1.54, 1.807) is 13.1 Å². The fourth-order valence-corrected chi connectivity index (χ4v) is 2.29. The summed E-state index contributed by atoms with van der Waals surface area (Å²) in [5, 5.41) is 26.4. The minimum absolute atomic E-state index is 0.00116. The van der Waals surface area contributed by atoms with Gasteiger partial charge < -0.3 is 14.5 Å². The Balaban J connectivity index is 1.68. The van der Waals surface area contributed by atoms with Gasteiger partial charge >= 0.3 is 5.69 Å². The van der Waals surface area contributed by atoms with Crippen LogP contribution in [0, 0.1) is 21.4 Å². The average molecular weight is 367 g/mol.